The van der Waals surface area contributed by atoms with Gasteiger partial charge in [-0.25, -0.2) is 4.98 Å². The Balaban J connectivity index is 1.20. The first-order chi connectivity index (χ1) is 38.6. The average molecular weight is 992 g/mol. The first kappa shape index (κ1) is 45.7. The molecule has 14 rings (SSSR count). The fraction of sp³-hybridized carbons (Fsp3) is 0. The highest BCUT2D eigenvalue weighted by atomic mass is 15.1. The highest BCUT2D eigenvalue weighted by Gasteiger charge is 2.31. The van der Waals surface area contributed by atoms with E-state index in [0.29, 0.717) is 28.3 Å². The fourth-order valence-electron chi connectivity index (χ4n) is 11.6. The van der Waals surface area contributed by atoms with Gasteiger partial charge in [-0.2, -0.15) is 10.5 Å². The van der Waals surface area contributed by atoms with E-state index in [4.69, 9.17) is 4.98 Å². The Morgan fingerprint density at radius 3 is 0.872 bits per heavy atom. The highest BCUT2D eigenvalue weighted by Crippen LogP contribution is 2.50. The number of hydrogen-bond donors (Lipinski definition) is 0. The molecule has 3 aromatic heterocycles. The minimum Gasteiger partial charge on any atom is -0.293 e. The van der Waals surface area contributed by atoms with Crippen molar-refractivity contribution in [3.05, 3.63) is 284 Å². The van der Waals surface area contributed by atoms with E-state index in [-0.39, 0.29) is 0 Å². The minimum absolute atomic E-state index is 0.293. The normalized spacial score (nSPS) is 11.3. The van der Waals surface area contributed by atoms with Crippen molar-refractivity contribution >= 4 is 43.6 Å². The predicted octanol–water partition coefficient (Wildman–Crippen LogP) is 18.7. The molecule has 0 spiro atoms. The van der Waals surface area contributed by atoms with E-state index in [9.17, 15) is 10.5 Å². The second-order valence-electron chi connectivity index (χ2n) is 19.6. The third kappa shape index (κ3) is 7.65. The molecule has 5 nitrogen and oxygen atoms in total. The summed E-state index contributed by atoms with van der Waals surface area (Å²) in [6.07, 6.45) is 0. The SMILES string of the molecule is N#Cc1cccc(-c2c(-c3ccccc3)c(-n3c4ccc(-c5ccccc5)cc4c4cc(-c5ccccc5)ccc43)nc(-n3c4ccc(-c5ccccc5)cc4c4cc(-c5ccccc5)ccc43)c2-c2ccccc2)c1C#N. The molecule has 0 saturated heterocycles. The Kier molecular flexibility index (Phi) is 11.2. The van der Waals surface area contributed by atoms with E-state index in [1.54, 1.807) is 6.07 Å². The van der Waals surface area contributed by atoms with Crippen molar-refractivity contribution in [3.8, 4) is 102 Å². The van der Waals surface area contributed by atoms with E-state index in [1.165, 1.54) is 0 Å². The maximum absolute atomic E-state index is 11.3. The van der Waals surface area contributed by atoms with Gasteiger partial charge in [0.05, 0.1) is 33.2 Å². The summed E-state index contributed by atoms with van der Waals surface area (Å²) in [7, 11) is 0. The Morgan fingerprint density at radius 1 is 0.269 bits per heavy atom. The van der Waals surface area contributed by atoms with Crippen LogP contribution in [-0.2, 0) is 0 Å². The van der Waals surface area contributed by atoms with Gasteiger partial charge in [0.1, 0.15) is 23.8 Å². The van der Waals surface area contributed by atoms with Gasteiger partial charge >= 0.3 is 0 Å². The first-order valence-electron chi connectivity index (χ1n) is 26.1. The predicted molar refractivity (Wildman–Crippen MR) is 320 cm³/mol. The quantitative estimate of drug-likeness (QED) is 0.145. The average Bonchev–Trinajstić information content (AvgIpc) is 4.18. The highest BCUT2D eigenvalue weighted by molar-refractivity contribution is 6.15. The van der Waals surface area contributed by atoms with Crippen LogP contribution in [0.1, 0.15) is 11.1 Å². The lowest BCUT2D eigenvalue weighted by atomic mass is 9.85. The lowest BCUT2D eigenvalue weighted by molar-refractivity contribution is 1.02. The molecule has 0 amide bonds. The third-order valence-corrected chi connectivity index (χ3v) is 15.2. The van der Waals surface area contributed by atoms with Crippen molar-refractivity contribution in [1.82, 2.24) is 14.1 Å². The summed E-state index contributed by atoms with van der Waals surface area (Å²) in [6.45, 7) is 0. The standard InChI is InChI=1S/C73H45N5/c74-46-58-32-19-33-59(64(58)47-75)71-69(52-28-15-5-16-29-52)72(77-65-38-34-54(48-20-7-1-8-21-48)42-60(65)61-43-55(35-39-66(61)77)49-22-9-2-10-23-49)76-73(70(71)53-30-17-6-18-31-53)78-67-40-36-56(50-24-11-3-12-25-50)44-62(67)63-45-57(37-41-68(63)78)51-26-13-4-14-27-51/h1-45H. The molecule has 0 unspecified atom stereocenters. The zero-order valence-electron chi connectivity index (χ0n) is 42.2. The largest absolute Gasteiger partial charge is 0.293 e. The summed E-state index contributed by atoms with van der Waals surface area (Å²) in [4.78, 5) is 6.20. The summed E-state index contributed by atoms with van der Waals surface area (Å²) >= 11 is 0. The van der Waals surface area contributed by atoms with Gasteiger partial charge in [0, 0.05) is 43.8 Å². The lowest BCUT2D eigenvalue weighted by Crippen LogP contribution is -2.11. The van der Waals surface area contributed by atoms with Gasteiger partial charge in [0.25, 0.3) is 0 Å². The van der Waals surface area contributed by atoms with E-state index in [2.05, 4.69) is 264 Å². The van der Waals surface area contributed by atoms with Gasteiger partial charge < -0.3 is 0 Å². The smallest absolute Gasteiger partial charge is 0.148 e. The van der Waals surface area contributed by atoms with Crippen LogP contribution < -0.4 is 0 Å². The van der Waals surface area contributed by atoms with Crippen molar-refractivity contribution in [2.75, 3.05) is 0 Å². The molecule has 0 fully saturated rings. The maximum Gasteiger partial charge on any atom is 0.148 e. The topological polar surface area (TPSA) is 70.3 Å². The van der Waals surface area contributed by atoms with Gasteiger partial charge in [-0.15, -0.1) is 0 Å². The molecule has 14 aromatic rings. The van der Waals surface area contributed by atoms with Crippen LogP contribution in [0, 0.1) is 22.7 Å². The minimum atomic E-state index is 0.293. The van der Waals surface area contributed by atoms with Crippen molar-refractivity contribution < 1.29 is 0 Å². The van der Waals surface area contributed by atoms with E-state index in [0.717, 1.165) is 116 Å². The number of benzene rings is 11. The summed E-state index contributed by atoms with van der Waals surface area (Å²) in [5.41, 5.74) is 18.3. The molecule has 0 aliphatic heterocycles. The molecule has 5 heteroatoms. The van der Waals surface area contributed by atoms with E-state index < -0.39 is 0 Å². The number of rotatable bonds is 9. The number of hydrogen-bond acceptors (Lipinski definition) is 3. The number of pyridine rings is 1. The molecule has 11 aromatic carbocycles. The Morgan fingerprint density at radius 2 is 0.577 bits per heavy atom. The number of aromatic nitrogens is 3. The second kappa shape index (κ2) is 19.1. The molecular weight excluding hydrogens is 947 g/mol. The molecule has 0 saturated carbocycles. The van der Waals surface area contributed by atoms with Crippen LogP contribution in [0.3, 0.4) is 0 Å². The van der Waals surface area contributed by atoms with Crippen LogP contribution in [-0.4, -0.2) is 14.1 Å². The molecular formula is C73H45N5. The van der Waals surface area contributed by atoms with Crippen LogP contribution in [0.15, 0.2) is 273 Å². The fourth-order valence-corrected chi connectivity index (χ4v) is 11.6. The van der Waals surface area contributed by atoms with Crippen molar-refractivity contribution in [2.24, 2.45) is 0 Å². The molecule has 0 aliphatic rings. The molecule has 362 valence electrons. The lowest BCUT2D eigenvalue weighted by Gasteiger charge is -2.25. The van der Waals surface area contributed by atoms with Crippen molar-refractivity contribution in [3.63, 3.8) is 0 Å². The van der Waals surface area contributed by atoms with Gasteiger partial charge in [-0.05, 0) is 110 Å². The molecule has 0 bridgehead atoms. The van der Waals surface area contributed by atoms with Crippen molar-refractivity contribution in [2.45, 2.75) is 0 Å². The maximum atomic E-state index is 11.3. The molecule has 0 N–H and O–H groups in total. The van der Waals surface area contributed by atoms with E-state index in [1.807, 2.05) is 24.3 Å². The summed E-state index contributed by atoms with van der Waals surface area (Å²) < 4.78 is 4.65. The third-order valence-electron chi connectivity index (χ3n) is 15.2. The monoisotopic (exact) mass is 991 g/mol. The first-order valence-corrected chi connectivity index (χ1v) is 26.1. The van der Waals surface area contributed by atoms with Gasteiger partial charge in [-0.3, -0.25) is 9.13 Å². The van der Waals surface area contributed by atoms with Crippen LogP contribution in [0.25, 0.3) is 133 Å². The Hall–Kier alpha value is -10.9. The summed E-state index contributed by atoms with van der Waals surface area (Å²) in [5, 5.41) is 26.4. The van der Waals surface area contributed by atoms with Crippen LogP contribution >= 0.6 is 0 Å². The zero-order valence-corrected chi connectivity index (χ0v) is 42.2. The van der Waals surface area contributed by atoms with E-state index >= 15 is 0 Å². The zero-order chi connectivity index (χ0) is 52.1. The molecule has 3 heterocycles. The second-order valence-corrected chi connectivity index (χ2v) is 19.6. The number of fused-ring (bicyclic) bond motifs is 6. The Labute approximate surface area is 451 Å². The van der Waals surface area contributed by atoms with Crippen LogP contribution in [0.4, 0.5) is 0 Å². The van der Waals surface area contributed by atoms with Crippen molar-refractivity contribution in [1.29, 1.82) is 10.5 Å². The van der Waals surface area contributed by atoms with Crippen LogP contribution in [0.5, 0.6) is 0 Å². The summed E-state index contributed by atoms with van der Waals surface area (Å²) in [5.74, 6) is 1.35. The molecule has 0 aliphatic carbocycles. The molecule has 0 atom stereocenters. The number of nitrogens with zero attached hydrogens (tertiary/aromatic N) is 5. The Bertz CT molecular complexity index is 4250. The summed E-state index contributed by atoms with van der Waals surface area (Å²) in [6, 6.07) is 100. The number of nitriles is 2. The van der Waals surface area contributed by atoms with Gasteiger partial charge in [0.15, 0.2) is 0 Å². The molecule has 78 heavy (non-hydrogen) atoms. The van der Waals surface area contributed by atoms with Gasteiger partial charge in [-0.1, -0.05) is 218 Å². The van der Waals surface area contributed by atoms with Gasteiger partial charge in [0.2, 0.25) is 0 Å². The van der Waals surface area contributed by atoms with Crippen LogP contribution in [0.2, 0.25) is 0 Å². The molecule has 0 radical (unpaired) electrons.